The van der Waals surface area contributed by atoms with Gasteiger partial charge in [0, 0.05) is 25.5 Å². The third-order valence-electron chi connectivity index (χ3n) is 4.02. The van der Waals surface area contributed by atoms with Crippen molar-refractivity contribution in [1.82, 2.24) is 5.32 Å². The molecule has 0 saturated carbocycles. The van der Waals surface area contributed by atoms with Crippen LogP contribution in [0.2, 0.25) is 0 Å². The molecule has 0 aliphatic rings. The number of nitrogens with one attached hydrogen (secondary N) is 1. The molecule has 0 spiro atoms. The second-order valence-electron chi connectivity index (χ2n) is 6.42. The zero-order valence-electron chi connectivity index (χ0n) is 15.3. The summed E-state index contributed by atoms with van der Waals surface area (Å²) < 4.78 is 89.5. The van der Waals surface area contributed by atoms with Crippen molar-refractivity contribution in [2.45, 2.75) is 48.2 Å². The summed E-state index contributed by atoms with van der Waals surface area (Å²) in [4.78, 5) is 11.0. The van der Waals surface area contributed by atoms with Crippen molar-refractivity contribution in [3.8, 4) is 0 Å². The van der Waals surface area contributed by atoms with Crippen molar-refractivity contribution in [2.24, 2.45) is 0 Å². The number of benzene rings is 2. The van der Waals surface area contributed by atoms with Crippen LogP contribution in [0.3, 0.4) is 0 Å². The summed E-state index contributed by atoms with van der Waals surface area (Å²) in [6, 6.07) is 9.87. The number of amides is 1. The third-order valence-corrected chi connectivity index (χ3v) is 5.88. The molecular formula is C19H18F5NO3S. The molecule has 0 aromatic heterocycles. The van der Waals surface area contributed by atoms with E-state index in [0.717, 1.165) is 12.1 Å². The Morgan fingerprint density at radius 3 is 2.28 bits per heavy atom. The summed E-state index contributed by atoms with van der Waals surface area (Å²) in [6.07, 6.45) is -6.56. The number of halogens is 5. The average molecular weight is 435 g/mol. The quantitative estimate of drug-likeness (QED) is 0.647. The fraction of sp³-hybridized carbons (Fsp3) is 0.316. The van der Waals surface area contributed by atoms with Crippen LogP contribution in [0.5, 0.6) is 0 Å². The fourth-order valence-electron chi connectivity index (χ4n) is 2.51. The monoisotopic (exact) mass is 435 g/mol. The van der Waals surface area contributed by atoms with Crippen LogP contribution in [0, 0.1) is 0 Å². The number of alkyl halides is 5. The van der Waals surface area contributed by atoms with Crippen LogP contribution in [0.25, 0.3) is 0 Å². The Hall–Kier alpha value is -2.49. The first-order valence-corrected chi connectivity index (χ1v) is 9.94. The van der Waals surface area contributed by atoms with E-state index in [1.54, 1.807) is 0 Å². The summed E-state index contributed by atoms with van der Waals surface area (Å²) in [6.45, 7) is 0.318. The molecule has 0 unspecified atom stereocenters. The minimum atomic E-state index is -4.48. The van der Waals surface area contributed by atoms with E-state index in [2.05, 4.69) is 5.32 Å². The smallest absolute Gasteiger partial charge is 0.352 e. The Kier molecular flexibility index (Phi) is 6.67. The van der Waals surface area contributed by atoms with Crippen molar-refractivity contribution < 1.29 is 35.2 Å². The number of carbonyl (C=O) groups excluding carboxylic acids is 1. The summed E-state index contributed by atoms with van der Waals surface area (Å²) in [7, 11) is -4.20. The Morgan fingerprint density at radius 1 is 1.00 bits per heavy atom. The predicted molar refractivity (Wildman–Crippen MR) is 95.0 cm³/mol. The van der Waals surface area contributed by atoms with Crippen molar-refractivity contribution in [1.29, 1.82) is 0 Å². The van der Waals surface area contributed by atoms with Gasteiger partial charge in [-0.05, 0) is 23.8 Å². The van der Waals surface area contributed by atoms with E-state index >= 15 is 0 Å². The number of sulfone groups is 1. The maximum absolute atomic E-state index is 13.5. The molecule has 10 heteroatoms. The highest BCUT2D eigenvalue weighted by atomic mass is 32.2. The molecule has 4 nitrogen and oxygen atoms in total. The van der Waals surface area contributed by atoms with Crippen LogP contribution < -0.4 is 5.32 Å². The van der Waals surface area contributed by atoms with E-state index in [1.165, 1.54) is 36.4 Å². The summed E-state index contributed by atoms with van der Waals surface area (Å²) in [5.74, 6) is -4.13. The van der Waals surface area contributed by atoms with Gasteiger partial charge in [-0.25, -0.2) is 17.2 Å². The number of hydrogen-bond donors (Lipinski definition) is 1. The van der Waals surface area contributed by atoms with Gasteiger partial charge in [0.05, 0.1) is 16.2 Å². The highest BCUT2D eigenvalue weighted by Gasteiger charge is 2.29. The molecule has 1 amide bonds. The van der Waals surface area contributed by atoms with E-state index in [4.69, 9.17) is 0 Å². The second kappa shape index (κ2) is 8.48. The van der Waals surface area contributed by atoms with Gasteiger partial charge in [0.25, 0.3) is 5.92 Å². The van der Waals surface area contributed by atoms with E-state index < -0.39 is 46.2 Å². The maximum atomic E-state index is 13.5. The molecule has 158 valence electrons. The van der Waals surface area contributed by atoms with Crippen LogP contribution in [-0.4, -0.2) is 20.5 Å². The zero-order valence-corrected chi connectivity index (χ0v) is 16.1. The van der Waals surface area contributed by atoms with Gasteiger partial charge in [-0.2, -0.15) is 13.2 Å². The lowest BCUT2D eigenvalue weighted by atomic mass is 10.1. The lowest BCUT2D eigenvalue weighted by Gasteiger charge is -2.14. The van der Waals surface area contributed by atoms with Gasteiger partial charge in [0.2, 0.25) is 15.7 Å². The lowest BCUT2D eigenvalue weighted by Crippen LogP contribution is -2.25. The topological polar surface area (TPSA) is 63.2 Å². The molecule has 0 atom stereocenters. The van der Waals surface area contributed by atoms with Crippen molar-refractivity contribution in [3.05, 3.63) is 59.7 Å². The van der Waals surface area contributed by atoms with Crippen LogP contribution in [0.1, 0.15) is 30.9 Å². The summed E-state index contributed by atoms with van der Waals surface area (Å²) >= 11 is 0. The molecule has 1 N–H and O–H groups in total. The van der Waals surface area contributed by atoms with E-state index in [9.17, 15) is 35.2 Å². The molecule has 0 aliphatic carbocycles. The maximum Gasteiger partial charge on any atom is 0.389 e. The number of hydrogen-bond acceptors (Lipinski definition) is 3. The van der Waals surface area contributed by atoms with E-state index in [-0.39, 0.29) is 21.9 Å². The molecular weight excluding hydrogens is 417 g/mol. The highest BCUT2D eigenvalue weighted by molar-refractivity contribution is 7.91. The van der Waals surface area contributed by atoms with Gasteiger partial charge in [-0.15, -0.1) is 0 Å². The molecule has 0 heterocycles. The molecule has 0 aliphatic heterocycles. The van der Waals surface area contributed by atoms with Crippen molar-refractivity contribution in [3.63, 3.8) is 0 Å². The fourth-order valence-corrected chi connectivity index (χ4v) is 4.05. The third kappa shape index (κ3) is 6.25. The largest absolute Gasteiger partial charge is 0.389 e. The lowest BCUT2D eigenvalue weighted by molar-refractivity contribution is -0.144. The second-order valence-corrected chi connectivity index (χ2v) is 8.34. The van der Waals surface area contributed by atoms with Crippen LogP contribution in [-0.2, 0) is 27.1 Å². The van der Waals surface area contributed by atoms with Crippen molar-refractivity contribution >= 4 is 15.7 Å². The van der Waals surface area contributed by atoms with Gasteiger partial charge >= 0.3 is 6.18 Å². The summed E-state index contributed by atoms with van der Waals surface area (Å²) in [5.41, 5.74) is -0.349. The van der Waals surface area contributed by atoms with Crippen LogP contribution in [0.15, 0.2) is 58.3 Å². The molecule has 0 radical (unpaired) electrons. The number of carbonyl (C=O) groups is 1. The Labute approximate surface area is 164 Å². The summed E-state index contributed by atoms with van der Waals surface area (Å²) in [5, 5.41) is 2.25. The first kappa shape index (κ1) is 22.8. The molecule has 2 aromatic carbocycles. The van der Waals surface area contributed by atoms with E-state index in [0.29, 0.717) is 6.92 Å². The normalized spacial score (nSPS) is 12.6. The predicted octanol–water partition coefficient (Wildman–Crippen LogP) is 4.59. The Bertz CT molecular complexity index is 982. The molecule has 29 heavy (non-hydrogen) atoms. The average Bonchev–Trinajstić information content (AvgIpc) is 2.63. The highest BCUT2D eigenvalue weighted by Crippen LogP contribution is 2.31. The zero-order chi connectivity index (χ0) is 21.9. The van der Waals surface area contributed by atoms with Crippen molar-refractivity contribution in [2.75, 3.05) is 0 Å². The van der Waals surface area contributed by atoms with Gasteiger partial charge in [-0.3, -0.25) is 4.79 Å². The van der Waals surface area contributed by atoms with Gasteiger partial charge in [-0.1, -0.05) is 30.3 Å². The molecule has 0 bridgehead atoms. The molecule has 0 fully saturated rings. The Balaban J connectivity index is 2.27. The van der Waals surface area contributed by atoms with Crippen LogP contribution in [0.4, 0.5) is 22.0 Å². The van der Waals surface area contributed by atoms with Gasteiger partial charge < -0.3 is 5.32 Å². The first-order chi connectivity index (χ1) is 13.3. The number of rotatable bonds is 7. The minimum absolute atomic E-state index is 0.126. The molecule has 0 saturated heterocycles. The first-order valence-electron chi connectivity index (χ1n) is 8.45. The van der Waals surface area contributed by atoms with Crippen LogP contribution >= 0.6 is 0 Å². The Morgan fingerprint density at radius 2 is 1.66 bits per heavy atom. The van der Waals surface area contributed by atoms with Gasteiger partial charge in [0.1, 0.15) is 0 Å². The van der Waals surface area contributed by atoms with E-state index in [1.807, 2.05) is 0 Å². The molecule has 2 rings (SSSR count). The SMILES string of the molecule is CC(F)(F)c1cccc(S(=O)(=O)c2ccccc2CNC(=O)CCC(F)(F)F)c1. The van der Waals surface area contributed by atoms with Gasteiger partial charge in [0.15, 0.2) is 0 Å². The minimum Gasteiger partial charge on any atom is -0.352 e. The molecule has 2 aromatic rings. The standard InChI is InChI=1S/C19H18F5NO3S/c1-18(20,21)14-6-4-7-15(11-14)29(27,28)16-8-3-2-5-13(16)12-25-17(26)9-10-19(22,23)24/h2-8,11H,9-10,12H2,1H3,(H,25,26).